The third kappa shape index (κ3) is 5.25. The number of thiazole rings is 1. The van der Waals surface area contributed by atoms with E-state index in [1.54, 1.807) is 0 Å². The maximum absolute atomic E-state index is 11.9. The molecule has 3 rings (SSSR count). The second-order valence-electron chi connectivity index (χ2n) is 4.81. The Morgan fingerprint density at radius 3 is 2.77 bits per heavy atom. The standard InChI is InChI=1S/C15H13N5O3S3/c16-13-19-20-15(26-13)25-8-12(22)23-6-11(21)18-14-17-10(7-24-14)9-4-2-1-3-5-9/h1-5,7H,6,8H2,(H2,16,19)(H,17,18,21). The Kier molecular flexibility index (Phi) is 6.15. The normalized spacial score (nSPS) is 10.5. The van der Waals surface area contributed by atoms with E-state index in [9.17, 15) is 9.59 Å². The van der Waals surface area contributed by atoms with Gasteiger partial charge in [0.05, 0.1) is 11.4 Å². The minimum Gasteiger partial charge on any atom is -0.455 e. The lowest BCUT2D eigenvalue weighted by molar-refractivity contribution is -0.144. The third-order valence-corrected chi connectivity index (χ3v) is 5.54. The Morgan fingerprint density at radius 2 is 2.04 bits per heavy atom. The summed E-state index contributed by atoms with van der Waals surface area (Å²) >= 11 is 3.64. The minimum atomic E-state index is -0.525. The Labute approximate surface area is 160 Å². The van der Waals surface area contributed by atoms with Gasteiger partial charge in [-0.1, -0.05) is 53.4 Å². The number of thioether (sulfide) groups is 1. The number of rotatable bonds is 7. The zero-order chi connectivity index (χ0) is 18.4. The Hall–Kier alpha value is -2.50. The summed E-state index contributed by atoms with van der Waals surface area (Å²) in [5, 5.41) is 12.7. The molecule has 8 nitrogen and oxygen atoms in total. The van der Waals surface area contributed by atoms with Crippen LogP contribution in [0.2, 0.25) is 0 Å². The molecule has 0 aliphatic rings. The van der Waals surface area contributed by atoms with Gasteiger partial charge >= 0.3 is 5.97 Å². The first-order valence-electron chi connectivity index (χ1n) is 7.28. The van der Waals surface area contributed by atoms with Crippen LogP contribution in [-0.4, -0.2) is 39.4 Å². The fourth-order valence-electron chi connectivity index (χ4n) is 1.82. The molecule has 0 atom stereocenters. The Bertz CT molecular complexity index is 897. The molecule has 0 unspecified atom stereocenters. The number of esters is 1. The predicted octanol–water partition coefficient (Wildman–Crippen LogP) is 2.52. The summed E-state index contributed by atoms with van der Waals surface area (Å²) in [5.74, 6) is -0.947. The summed E-state index contributed by atoms with van der Waals surface area (Å²) in [5.41, 5.74) is 7.19. The highest BCUT2D eigenvalue weighted by atomic mass is 32.2. The van der Waals surface area contributed by atoms with Gasteiger partial charge in [0.1, 0.15) is 0 Å². The van der Waals surface area contributed by atoms with Gasteiger partial charge in [0.2, 0.25) is 5.13 Å². The molecule has 0 aliphatic heterocycles. The van der Waals surface area contributed by atoms with Gasteiger partial charge in [-0.2, -0.15) is 0 Å². The number of hydrogen-bond donors (Lipinski definition) is 2. The number of amides is 1. The average Bonchev–Trinajstić information content (AvgIpc) is 3.28. The summed E-state index contributed by atoms with van der Waals surface area (Å²) in [6.07, 6.45) is 0. The van der Waals surface area contributed by atoms with E-state index in [1.807, 2.05) is 35.7 Å². The van der Waals surface area contributed by atoms with Gasteiger partial charge in [0.25, 0.3) is 5.91 Å². The van der Waals surface area contributed by atoms with E-state index < -0.39 is 11.9 Å². The van der Waals surface area contributed by atoms with E-state index in [0.717, 1.165) is 23.0 Å². The van der Waals surface area contributed by atoms with E-state index in [1.165, 1.54) is 22.7 Å². The largest absolute Gasteiger partial charge is 0.455 e. The summed E-state index contributed by atoms with van der Waals surface area (Å²) in [4.78, 5) is 27.9. The number of hydrogen-bond acceptors (Lipinski definition) is 10. The minimum absolute atomic E-state index is 0.0251. The van der Waals surface area contributed by atoms with E-state index in [-0.39, 0.29) is 12.4 Å². The molecule has 1 amide bonds. The average molecular weight is 408 g/mol. The SMILES string of the molecule is Nc1nnc(SCC(=O)OCC(=O)Nc2nc(-c3ccccc3)cs2)s1. The molecule has 0 aliphatic carbocycles. The molecule has 0 fully saturated rings. The van der Waals surface area contributed by atoms with Crippen molar-refractivity contribution in [2.45, 2.75) is 4.34 Å². The van der Waals surface area contributed by atoms with E-state index >= 15 is 0 Å². The van der Waals surface area contributed by atoms with Gasteiger partial charge in [-0.3, -0.25) is 14.9 Å². The van der Waals surface area contributed by atoms with Crippen LogP contribution >= 0.6 is 34.4 Å². The smallest absolute Gasteiger partial charge is 0.316 e. The highest BCUT2D eigenvalue weighted by molar-refractivity contribution is 8.01. The summed E-state index contributed by atoms with van der Waals surface area (Å²) in [7, 11) is 0. The van der Waals surface area contributed by atoms with Crippen molar-refractivity contribution in [3.63, 3.8) is 0 Å². The highest BCUT2D eigenvalue weighted by Gasteiger charge is 2.12. The van der Waals surface area contributed by atoms with E-state index in [2.05, 4.69) is 20.5 Å². The van der Waals surface area contributed by atoms with Crippen LogP contribution in [0.4, 0.5) is 10.3 Å². The van der Waals surface area contributed by atoms with Gasteiger partial charge in [0.15, 0.2) is 16.1 Å². The van der Waals surface area contributed by atoms with E-state index in [4.69, 9.17) is 10.5 Å². The van der Waals surface area contributed by atoms with Crippen LogP contribution < -0.4 is 11.1 Å². The molecule has 0 spiro atoms. The maximum atomic E-state index is 11.9. The number of anilines is 2. The van der Waals surface area contributed by atoms with Crippen molar-refractivity contribution in [3.8, 4) is 11.3 Å². The van der Waals surface area contributed by atoms with Crippen molar-refractivity contribution >= 4 is 56.6 Å². The molecule has 1 aromatic carbocycles. The van der Waals surface area contributed by atoms with Crippen molar-refractivity contribution in [1.29, 1.82) is 0 Å². The van der Waals surface area contributed by atoms with Crippen LogP contribution in [0.15, 0.2) is 40.1 Å². The van der Waals surface area contributed by atoms with Crippen LogP contribution in [0, 0.1) is 0 Å². The quantitative estimate of drug-likeness (QED) is 0.453. The molecule has 0 radical (unpaired) electrons. The molecule has 3 aromatic rings. The summed E-state index contributed by atoms with van der Waals surface area (Å²) in [6.45, 7) is -0.377. The van der Waals surface area contributed by atoms with Crippen LogP contribution in [0.1, 0.15) is 0 Å². The zero-order valence-corrected chi connectivity index (χ0v) is 15.7. The molecular weight excluding hydrogens is 394 g/mol. The molecule has 2 heterocycles. The van der Waals surface area contributed by atoms with Crippen molar-refractivity contribution in [2.24, 2.45) is 0 Å². The van der Waals surface area contributed by atoms with Crippen molar-refractivity contribution in [3.05, 3.63) is 35.7 Å². The summed E-state index contributed by atoms with van der Waals surface area (Å²) < 4.78 is 5.50. The number of benzene rings is 1. The van der Waals surface area contributed by atoms with Crippen LogP contribution in [-0.2, 0) is 14.3 Å². The Morgan fingerprint density at radius 1 is 1.23 bits per heavy atom. The van der Waals surface area contributed by atoms with Gasteiger partial charge in [-0.15, -0.1) is 21.5 Å². The lowest BCUT2D eigenvalue weighted by atomic mass is 10.2. The van der Waals surface area contributed by atoms with Crippen LogP contribution in [0.3, 0.4) is 0 Å². The maximum Gasteiger partial charge on any atom is 0.316 e. The lowest BCUT2D eigenvalue weighted by Crippen LogP contribution is -2.21. The summed E-state index contributed by atoms with van der Waals surface area (Å²) in [6, 6.07) is 9.63. The van der Waals surface area contributed by atoms with Crippen molar-refractivity contribution in [1.82, 2.24) is 15.2 Å². The van der Waals surface area contributed by atoms with Crippen molar-refractivity contribution < 1.29 is 14.3 Å². The monoisotopic (exact) mass is 407 g/mol. The molecule has 2 aromatic heterocycles. The fraction of sp³-hybridized carbons (Fsp3) is 0.133. The highest BCUT2D eigenvalue weighted by Crippen LogP contribution is 2.25. The topological polar surface area (TPSA) is 120 Å². The molecule has 3 N–H and O–H groups in total. The molecule has 134 valence electrons. The number of nitrogens with two attached hydrogens (primary N) is 1. The zero-order valence-electron chi connectivity index (χ0n) is 13.2. The second-order valence-corrected chi connectivity index (χ2v) is 7.90. The number of nitrogen functional groups attached to an aromatic ring is 1. The molecule has 0 saturated carbocycles. The van der Waals surface area contributed by atoms with Crippen LogP contribution in [0.25, 0.3) is 11.3 Å². The van der Waals surface area contributed by atoms with Crippen molar-refractivity contribution in [2.75, 3.05) is 23.4 Å². The van der Waals surface area contributed by atoms with Gasteiger partial charge in [-0.25, -0.2) is 4.98 Å². The Balaban J connectivity index is 1.42. The number of carbonyl (C=O) groups excluding carboxylic acids is 2. The molecule has 0 bridgehead atoms. The fourth-order valence-corrected chi connectivity index (χ4v) is 3.99. The number of nitrogens with one attached hydrogen (secondary N) is 1. The molecular formula is C15H13N5O3S3. The van der Waals surface area contributed by atoms with E-state index in [0.29, 0.717) is 14.6 Å². The number of nitrogens with zero attached hydrogens (tertiary/aromatic N) is 3. The van der Waals surface area contributed by atoms with Gasteiger partial charge < -0.3 is 10.5 Å². The number of aromatic nitrogens is 3. The van der Waals surface area contributed by atoms with Gasteiger partial charge in [-0.05, 0) is 0 Å². The van der Waals surface area contributed by atoms with Crippen LogP contribution in [0.5, 0.6) is 0 Å². The first kappa shape index (κ1) is 18.3. The predicted molar refractivity (Wildman–Crippen MR) is 102 cm³/mol. The molecule has 26 heavy (non-hydrogen) atoms. The second kappa shape index (κ2) is 8.74. The van der Waals surface area contributed by atoms with Gasteiger partial charge in [0, 0.05) is 10.9 Å². The lowest BCUT2D eigenvalue weighted by Gasteiger charge is -2.03. The number of ether oxygens (including phenoxy) is 1. The first-order valence-corrected chi connectivity index (χ1v) is 9.96. The molecule has 0 saturated heterocycles. The first-order chi connectivity index (χ1) is 12.6. The number of carbonyl (C=O) groups is 2. The molecule has 11 heteroatoms. The third-order valence-electron chi connectivity index (χ3n) is 2.92.